The quantitative estimate of drug-likeness (QED) is 0.680. The van der Waals surface area contributed by atoms with Crippen molar-refractivity contribution >= 4 is 27.7 Å². The molecule has 5 fully saturated rings. The van der Waals surface area contributed by atoms with Crippen LogP contribution in [0.1, 0.15) is 55.3 Å². The molecule has 5 aliphatic rings. The summed E-state index contributed by atoms with van der Waals surface area (Å²) in [6.45, 7) is 2.86. The predicted octanol–water partition coefficient (Wildman–Crippen LogP) is 4.34. The smallest absolute Gasteiger partial charge is 0.253 e. The first-order chi connectivity index (χ1) is 13.5. The Kier molecular flexibility index (Phi) is 4.77. The maximum atomic E-state index is 13.6. The van der Waals surface area contributed by atoms with E-state index in [1.165, 1.54) is 19.3 Å². The van der Waals surface area contributed by atoms with E-state index in [2.05, 4.69) is 20.8 Å². The van der Waals surface area contributed by atoms with Crippen molar-refractivity contribution in [3.8, 4) is 0 Å². The summed E-state index contributed by atoms with van der Waals surface area (Å²) in [6.07, 6.45) is 8.33. The first-order valence-corrected chi connectivity index (χ1v) is 11.7. The van der Waals surface area contributed by atoms with Crippen LogP contribution in [0.2, 0.25) is 0 Å². The van der Waals surface area contributed by atoms with Crippen LogP contribution in [-0.4, -0.2) is 47.8 Å². The summed E-state index contributed by atoms with van der Waals surface area (Å²) in [4.78, 5) is 30.5. The van der Waals surface area contributed by atoms with Crippen molar-refractivity contribution in [2.45, 2.75) is 44.9 Å². The second kappa shape index (κ2) is 7.16. The van der Waals surface area contributed by atoms with Gasteiger partial charge in [-0.25, -0.2) is 0 Å². The lowest BCUT2D eigenvalue weighted by Gasteiger charge is -2.56. The fourth-order valence-electron chi connectivity index (χ4n) is 6.81. The molecule has 0 N–H and O–H groups in total. The van der Waals surface area contributed by atoms with Gasteiger partial charge in [0, 0.05) is 36.2 Å². The van der Waals surface area contributed by atoms with Crippen molar-refractivity contribution in [2.75, 3.05) is 26.2 Å². The molecule has 1 heterocycles. The number of hydrogen-bond acceptors (Lipinski definition) is 2. The van der Waals surface area contributed by atoms with Gasteiger partial charge in [-0.3, -0.25) is 9.59 Å². The van der Waals surface area contributed by atoms with E-state index in [-0.39, 0.29) is 11.3 Å². The topological polar surface area (TPSA) is 40.6 Å². The van der Waals surface area contributed by atoms with Crippen LogP contribution in [0.3, 0.4) is 0 Å². The van der Waals surface area contributed by atoms with Gasteiger partial charge in [-0.1, -0.05) is 15.9 Å². The molecule has 1 aromatic carbocycles. The molecule has 0 aromatic heterocycles. The van der Waals surface area contributed by atoms with Crippen LogP contribution in [0.5, 0.6) is 0 Å². The Morgan fingerprint density at radius 3 is 1.96 bits per heavy atom. The number of carbonyl (C=O) groups is 2. The Hall–Kier alpha value is -1.36. The van der Waals surface area contributed by atoms with E-state index < -0.39 is 0 Å². The SMILES string of the molecule is O=C(c1ccc(Br)cc1)N1CCCN(C(=O)C23CC4CC(CC(C4)C2)C3)CC1. The van der Waals surface area contributed by atoms with Crippen molar-refractivity contribution in [1.82, 2.24) is 9.80 Å². The van der Waals surface area contributed by atoms with Gasteiger partial charge >= 0.3 is 0 Å². The van der Waals surface area contributed by atoms with Crippen LogP contribution in [0.15, 0.2) is 28.7 Å². The van der Waals surface area contributed by atoms with Crippen LogP contribution >= 0.6 is 15.9 Å². The highest BCUT2D eigenvalue weighted by Crippen LogP contribution is 2.60. The zero-order valence-electron chi connectivity index (χ0n) is 16.4. The number of nitrogens with zero attached hydrogens (tertiary/aromatic N) is 2. The second-order valence-electron chi connectivity index (χ2n) is 9.64. The average molecular weight is 445 g/mol. The highest BCUT2D eigenvalue weighted by molar-refractivity contribution is 9.10. The molecule has 1 aromatic rings. The van der Waals surface area contributed by atoms with Crippen LogP contribution in [-0.2, 0) is 4.79 Å². The molecule has 2 amide bonds. The van der Waals surface area contributed by atoms with Crippen LogP contribution in [0.25, 0.3) is 0 Å². The van der Waals surface area contributed by atoms with Gasteiger partial charge in [0.25, 0.3) is 5.91 Å². The second-order valence-corrected chi connectivity index (χ2v) is 10.6. The molecular weight excluding hydrogens is 416 g/mol. The van der Waals surface area contributed by atoms with Gasteiger partial charge in [-0.15, -0.1) is 0 Å². The zero-order valence-corrected chi connectivity index (χ0v) is 18.0. The molecule has 4 nitrogen and oxygen atoms in total. The molecule has 0 atom stereocenters. The molecule has 6 rings (SSSR count). The van der Waals surface area contributed by atoms with Gasteiger partial charge in [0.15, 0.2) is 0 Å². The summed E-state index contributed by atoms with van der Waals surface area (Å²) in [5.74, 6) is 2.86. The van der Waals surface area contributed by atoms with E-state index in [1.54, 1.807) is 0 Å². The van der Waals surface area contributed by atoms with Crippen molar-refractivity contribution in [1.29, 1.82) is 0 Å². The first-order valence-electron chi connectivity index (χ1n) is 10.9. The summed E-state index contributed by atoms with van der Waals surface area (Å²) in [5, 5.41) is 0. The van der Waals surface area contributed by atoms with Gasteiger partial charge in [0.2, 0.25) is 5.91 Å². The fraction of sp³-hybridized carbons (Fsp3) is 0.652. The molecule has 0 spiro atoms. The highest BCUT2D eigenvalue weighted by Gasteiger charge is 2.55. The normalized spacial score (nSPS) is 34.4. The number of hydrogen-bond donors (Lipinski definition) is 0. The average Bonchev–Trinajstić information content (AvgIpc) is 2.92. The Morgan fingerprint density at radius 2 is 1.36 bits per heavy atom. The lowest BCUT2D eigenvalue weighted by molar-refractivity contribution is -0.157. The van der Waals surface area contributed by atoms with Gasteiger partial charge in [-0.05, 0) is 87.0 Å². The Balaban J connectivity index is 1.26. The molecule has 150 valence electrons. The van der Waals surface area contributed by atoms with E-state index in [9.17, 15) is 9.59 Å². The van der Waals surface area contributed by atoms with Gasteiger partial charge in [0.05, 0.1) is 5.41 Å². The molecule has 4 saturated carbocycles. The monoisotopic (exact) mass is 444 g/mol. The van der Waals surface area contributed by atoms with Crippen molar-refractivity contribution in [2.24, 2.45) is 23.2 Å². The molecule has 0 unspecified atom stereocenters. The van der Waals surface area contributed by atoms with Gasteiger partial charge in [-0.2, -0.15) is 0 Å². The van der Waals surface area contributed by atoms with E-state index >= 15 is 0 Å². The molecule has 28 heavy (non-hydrogen) atoms. The van der Waals surface area contributed by atoms with Crippen LogP contribution in [0.4, 0.5) is 0 Å². The van der Waals surface area contributed by atoms with E-state index in [0.717, 1.165) is 66.6 Å². The maximum absolute atomic E-state index is 13.6. The van der Waals surface area contributed by atoms with Crippen molar-refractivity contribution in [3.05, 3.63) is 34.3 Å². The van der Waals surface area contributed by atoms with Crippen molar-refractivity contribution < 1.29 is 9.59 Å². The summed E-state index contributed by atoms with van der Waals surface area (Å²) < 4.78 is 0.979. The molecule has 4 bridgehead atoms. The van der Waals surface area contributed by atoms with Gasteiger partial charge in [0.1, 0.15) is 0 Å². The Bertz CT molecular complexity index is 740. The summed E-state index contributed by atoms with van der Waals surface area (Å²) in [5.41, 5.74) is 0.656. The number of carbonyl (C=O) groups excluding carboxylic acids is 2. The number of halogens is 1. The van der Waals surface area contributed by atoms with Gasteiger partial charge < -0.3 is 9.80 Å². The zero-order chi connectivity index (χ0) is 19.3. The lowest BCUT2D eigenvalue weighted by Crippen LogP contribution is -2.55. The molecule has 5 heteroatoms. The van der Waals surface area contributed by atoms with Crippen LogP contribution < -0.4 is 0 Å². The number of amides is 2. The Morgan fingerprint density at radius 1 is 0.821 bits per heavy atom. The predicted molar refractivity (Wildman–Crippen MR) is 112 cm³/mol. The molecule has 4 aliphatic carbocycles. The Labute approximate surface area is 175 Å². The largest absolute Gasteiger partial charge is 0.340 e. The maximum Gasteiger partial charge on any atom is 0.253 e. The number of rotatable bonds is 2. The molecular formula is C23H29BrN2O2. The third kappa shape index (κ3) is 3.30. The minimum atomic E-state index is -0.0698. The third-order valence-electron chi connectivity index (χ3n) is 7.65. The standard InChI is InChI=1S/C23H29BrN2O2/c24-20-4-2-19(3-5-20)21(27)25-6-1-7-26(9-8-25)22(28)23-13-16-10-17(14-23)12-18(11-16)15-23/h2-5,16-18H,1,6-15H2. The number of benzene rings is 1. The highest BCUT2D eigenvalue weighted by atomic mass is 79.9. The molecule has 1 aliphatic heterocycles. The fourth-order valence-corrected chi connectivity index (χ4v) is 7.07. The summed E-state index contributed by atoms with van der Waals surface area (Å²) in [6, 6.07) is 7.56. The molecule has 0 radical (unpaired) electrons. The lowest BCUT2D eigenvalue weighted by atomic mass is 9.49. The first kappa shape index (κ1) is 18.7. The van der Waals surface area contributed by atoms with E-state index in [0.29, 0.717) is 19.0 Å². The van der Waals surface area contributed by atoms with Crippen LogP contribution in [0, 0.1) is 23.2 Å². The minimum absolute atomic E-state index is 0.0698. The van der Waals surface area contributed by atoms with E-state index in [4.69, 9.17) is 0 Å². The van der Waals surface area contributed by atoms with E-state index in [1.807, 2.05) is 29.2 Å². The minimum Gasteiger partial charge on any atom is -0.340 e. The molecule has 1 saturated heterocycles. The van der Waals surface area contributed by atoms with Crippen molar-refractivity contribution in [3.63, 3.8) is 0 Å². The summed E-state index contributed by atoms with van der Waals surface area (Å²) >= 11 is 3.42. The third-order valence-corrected chi connectivity index (χ3v) is 8.18. The summed E-state index contributed by atoms with van der Waals surface area (Å²) in [7, 11) is 0.